The van der Waals surface area contributed by atoms with Gasteiger partial charge >= 0.3 is 0 Å². The molecule has 1 heterocycles. The van der Waals surface area contributed by atoms with Crippen molar-refractivity contribution in [2.24, 2.45) is 0 Å². The molecule has 0 atom stereocenters. The van der Waals surface area contributed by atoms with Gasteiger partial charge in [-0.25, -0.2) is 0 Å². The molecule has 2 rings (SSSR count). The van der Waals surface area contributed by atoms with Gasteiger partial charge in [0.1, 0.15) is 5.75 Å². The highest BCUT2D eigenvalue weighted by molar-refractivity contribution is 7.21. The first-order valence-corrected chi connectivity index (χ1v) is 4.44. The molecule has 13 heavy (non-hydrogen) atoms. The monoisotopic (exact) mass is 194 g/mol. The van der Waals surface area contributed by atoms with Gasteiger partial charge in [-0.3, -0.25) is 4.79 Å². The van der Waals surface area contributed by atoms with Gasteiger partial charge in [0.05, 0.1) is 5.56 Å². The number of aromatic hydroxyl groups is 2. The Morgan fingerprint density at radius 1 is 1.31 bits per heavy atom. The molecule has 0 bridgehead atoms. The Morgan fingerprint density at radius 3 is 2.77 bits per heavy atom. The van der Waals surface area contributed by atoms with E-state index in [1.54, 1.807) is 12.1 Å². The number of phenolic OH excluding ortho intramolecular Hbond substituents is 1. The molecule has 1 aromatic carbocycles. The average molecular weight is 194 g/mol. The van der Waals surface area contributed by atoms with E-state index in [4.69, 9.17) is 0 Å². The molecule has 4 heteroatoms. The maximum atomic E-state index is 10.6. The summed E-state index contributed by atoms with van der Waals surface area (Å²) < 4.78 is 0.708. The van der Waals surface area contributed by atoms with Crippen molar-refractivity contribution in [2.75, 3.05) is 0 Å². The third-order valence-corrected chi connectivity index (χ3v) is 2.80. The van der Waals surface area contributed by atoms with Gasteiger partial charge in [-0.05, 0) is 12.1 Å². The number of hydrogen-bond donors (Lipinski definition) is 2. The van der Waals surface area contributed by atoms with Gasteiger partial charge in [0.25, 0.3) is 0 Å². The molecule has 0 aliphatic heterocycles. The molecular weight excluding hydrogens is 188 g/mol. The first-order chi connectivity index (χ1) is 6.24. The highest BCUT2D eigenvalue weighted by atomic mass is 32.1. The molecule has 3 nitrogen and oxygen atoms in total. The van der Waals surface area contributed by atoms with Crippen LogP contribution < -0.4 is 0 Å². The zero-order valence-corrected chi connectivity index (χ0v) is 7.34. The third kappa shape index (κ3) is 1.07. The van der Waals surface area contributed by atoms with Crippen molar-refractivity contribution >= 4 is 27.7 Å². The highest BCUT2D eigenvalue weighted by Gasteiger charge is 2.13. The first kappa shape index (κ1) is 8.07. The van der Waals surface area contributed by atoms with Gasteiger partial charge < -0.3 is 10.2 Å². The summed E-state index contributed by atoms with van der Waals surface area (Å²) in [5, 5.41) is 19.1. The summed E-state index contributed by atoms with van der Waals surface area (Å²) in [5.74, 6) is 0.0242. The summed E-state index contributed by atoms with van der Waals surface area (Å²) in [6, 6.07) is 4.90. The highest BCUT2D eigenvalue weighted by Crippen LogP contribution is 2.39. The molecule has 0 spiro atoms. The van der Waals surface area contributed by atoms with Crippen LogP contribution in [0.1, 0.15) is 10.4 Å². The van der Waals surface area contributed by atoms with Crippen molar-refractivity contribution < 1.29 is 15.0 Å². The Labute approximate surface area is 77.9 Å². The van der Waals surface area contributed by atoms with Crippen molar-refractivity contribution in [2.45, 2.75) is 0 Å². The average Bonchev–Trinajstić information content (AvgIpc) is 2.42. The van der Waals surface area contributed by atoms with E-state index in [1.807, 2.05) is 0 Å². The second-order valence-electron chi connectivity index (χ2n) is 2.59. The van der Waals surface area contributed by atoms with Gasteiger partial charge in [-0.15, -0.1) is 0 Å². The van der Waals surface area contributed by atoms with Crippen molar-refractivity contribution in [1.29, 1.82) is 0 Å². The molecule has 2 aromatic rings. The van der Waals surface area contributed by atoms with Crippen LogP contribution in [0.2, 0.25) is 0 Å². The normalized spacial score (nSPS) is 10.5. The Balaban J connectivity index is 2.96. The van der Waals surface area contributed by atoms with E-state index in [0.717, 1.165) is 11.3 Å². The fourth-order valence-electron chi connectivity index (χ4n) is 1.25. The lowest BCUT2D eigenvalue weighted by molar-refractivity contribution is 0.112. The van der Waals surface area contributed by atoms with Crippen LogP contribution in [0.3, 0.4) is 0 Å². The summed E-state index contributed by atoms with van der Waals surface area (Å²) in [6.07, 6.45) is 0.549. The SMILES string of the molecule is O=Cc1c(O)sc2cccc(O)c12. The fraction of sp³-hybridized carbons (Fsp3) is 0. The Kier molecular flexibility index (Phi) is 1.70. The van der Waals surface area contributed by atoms with Crippen LogP contribution >= 0.6 is 11.3 Å². The van der Waals surface area contributed by atoms with E-state index >= 15 is 0 Å². The van der Waals surface area contributed by atoms with Gasteiger partial charge in [0, 0.05) is 10.1 Å². The van der Waals surface area contributed by atoms with Crippen molar-refractivity contribution in [3.05, 3.63) is 23.8 Å². The van der Waals surface area contributed by atoms with Gasteiger partial charge in [-0.2, -0.15) is 0 Å². The minimum Gasteiger partial charge on any atom is -0.507 e. The van der Waals surface area contributed by atoms with Crippen LogP contribution in [0.15, 0.2) is 18.2 Å². The minimum atomic E-state index is -0.0495. The molecule has 66 valence electrons. The molecule has 0 aliphatic rings. The molecular formula is C9H6O3S. The number of carbonyl (C=O) groups is 1. The molecule has 0 saturated heterocycles. The number of benzene rings is 1. The van der Waals surface area contributed by atoms with Crippen LogP contribution in [-0.4, -0.2) is 16.5 Å². The topological polar surface area (TPSA) is 57.5 Å². The lowest BCUT2D eigenvalue weighted by Crippen LogP contribution is -1.76. The molecule has 1 aromatic heterocycles. The Bertz CT molecular complexity index is 473. The lowest BCUT2D eigenvalue weighted by Gasteiger charge is -1.93. The van der Waals surface area contributed by atoms with Gasteiger partial charge in [0.2, 0.25) is 0 Å². The molecule has 0 radical (unpaired) electrons. The van der Waals surface area contributed by atoms with E-state index in [9.17, 15) is 15.0 Å². The maximum absolute atomic E-state index is 10.6. The molecule has 0 fully saturated rings. The van der Waals surface area contributed by atoms with Crippen LogP contribution in [0.5, 0.6) is 10.8 Å². The van der Waals surface area contributed by atoms with Crippen LogP contribution in [0.4, 0.5) is 0 Å². The van der Waals surface area contributed by atoms with Crippen molar-refractivity contribution in [1.82, 2.24) is 0 Å². The predicted octanol–water partition coefficient (Wildman–Crippen LogP) is 2.13. The van der Waals surface area contributed by atoms with Crippen molar-refractivity contribution in [3.63, 3.8) is 0 Å². The van der Waals surface area contributed by atoms with Gasteiger partial charge in [-0.1, -0.05) is 17.4 Å². The van der Waals surface area contributed by atoms with Crippen LogP contribution in [-0.2, 0) is 0 Å². The number of hydrogen-bond acceptors (Lipinski definition) is 4. The van der Waals surface area contributed by atoms with Crippen LogP contribution in [0, 0.1) is 0 Å². The zero-order chi connectivity index (χ0) is 9.42. The second kappa shape index (κ2) is 2.74. The summed E-state index contributed by atoms with van der Waals surface area (Å²) >= 11 is 1.08. The molecule has 0 amide bonds. The number of thiophene rings is 1. The Hall–Kier alpha value is -1.55. The predicted molar refractivity (Wildman–Crippen MR) is 50.5 cm³/mol. The number of phenols is 1. The maximum Gasteiger partial charge on any atom is 0.183 e. The number of aldehydes is 1. The van der Waals surface area contributed by atoms with E-state index < -0.39 is 0 Å². The molecule has 0 saturated carbocycles. The van der Waals surface area contributed by atoms with Crippen LogP contribution in [0.25, 0.3) is 10.1 Å². The minimum absolute atomic E-state index is 0.0242. The lowest BCUT2D eigenvalue weighted by atomic mass is 10.2. The second-order valence-corrected chi connectivity index (χ2v) is 3.62. The standard InChI is InChI=1S/C9H6O3S/c10-4-5-8-6(11)2-1-3-7(8)13-9(5)12/h1-4,11-12H. The summed E-state index contributed by atoms with van der Waals surface area (Å²) in [7, 11) is 0. The first-order valence-electron chi connectivity index (χ1n) is 3.62. The number of carbonyl (C=O) groups excluding carboxylic acids is 1. The summed E-state index contributed by atoms with van der Waals surface area (Å²) in [6.45, 7) is 0. The molecule has 2 N–H and O–H groups in total. The van der Waals surface area contributed by atoms with Gasteiger partial charge in [0.15, 0.2) is 11.3 Å². The third-order valence-electron chi connectivity index (χ3n) is 1.83. The molecule has 0 aliphatic carbocycles. The summed E-state index contributed by atoms with van der Waals surface area (Å²) in [4.78, 5) is 10.6. The van der Waals surface area contributed by atoms with E-state index in [2.05, 4.69) is 0 Å². The summed E-state index contributed by atoms with van der Waals surface area (Å²) in [5.41, 5.74) is 0.165. The molecule has 0 unspecified atom stereocenters. The number of fused-ring (bicyclic) bond motifs is 1. The smallest absolute Gasteiger partial charge is 0.183 e. The quantitative estimate of drug-likeness (QED) is 0.683. The van der Waals surface area contributed by atoms with Crippen molar-refractivity contribution in [3.8, 4) is 10.8 Å². The number of rotatable bonds is 1. The zero-order valence-electron chi connectivity index (χ0n) is 6.52. The Morgan fingerprint density at radius 2 is 2.08 bits per heavy atom. The fourth-order valence-corrected chi connectivity index (χ4v) is 2.18. The van der Waals surface area contributed by atoms with E-state index in [1.165, 1.54) is 6.07 Å². The van der Waals surface area contributed by atoms with E-state index in [-0.39, 0.29) is 16.4 Å². The largest absolute Gasteiger partial charge is 0.507 e. The van der Waals surface area contributed by atoms with E-state index in [0.29, 0.717) is 16.4 Å².